The molecule has 1 N–H and O–H groups in total. The Bertz CT molecular complexity index is 1360. The number of hydrogen-bond donors (Lipinski definition) is 1. The van der Waals surface area contributed by atoms with Gasteiger partial charge in [0.1, 0.15) is 11.5 Å². The monoisotopic (exact) mass is 401 g/mol. The lowest BCUT2D eigenvalue weighted by Crippen LogP contribution is -2.27. The van der Waals surface area contributed by atoms with Crippen LogP contribution in [0.25, 0.3) is 33.6 Å². The smallest absolute Gasteiger partial charge is 0.259 e. The van der Waals surface area contributed by atoms with Crippen LogP contribution in [0.1, 0.15) is 21.9 Å². The second kappa shape index (κ2) is 7.14. The fourth-order valence-corrected chi connectivity index (χ4v) is 3.68. The summed E-state index contributed by atoms with van der Waals surface area (Å²) < 4.78 is 12.8. The van der Waals surface area contributed by atoms with E-state index in [0.717, 1.165) is 16.9 Å². The van der Waals surface area contributed by atoms with E-state index in [4.69, 9.17) is 8.94 Å². The molecule has 0 aliphatic carbocycles. The lowest BCUT2D eigenvalue weighted by molar-refractivity contribution is 0.0954. The van der Waals surface area contributed by atoms with E-state index in [9.17, 15) is 4.79 Å². The highest BCUT2D eigenvalue weighted by atomic mass is 16.5. The topological polar surface area (TPSA) is 99.0 Å². The number of aromatic nitrogens is 4. The molecule has 0 aliphatic heterocycles. The standard InChI is InChI=1S/C22H19N5O3/c1-13-20-15(12-17(19-8-5-11-29-19)25-22(20)30-26-13)21(28)23-9-10-27-14(2)24-16-6-3-4-7-18(16)27/h3-8,11-12H,9-10H2,1-2H3,(H,23,28). The van der Waals surface area contributed by atoms with E-state index in [0.29, 0.717) is 46.9 Å². The molecule has 5 rings (SSSR count). The number of carbonyl (C=O) groups excluding carboxylic acids is 1. The lowest BCUT2D eigenvalue weighted by atomic mass is 10.1. The molecule has 8 nitrogen and oxygen atoms in total. The van der Waals surface area contributed by atoms with Gasteiger partial charge in [0, 0.05) is 13.1 Å². The summed E-state index contributed by atoms with van der Waals surface area (Å²) >= 11 is 0. The summed E-state index contributed by atoms with van der Waals surface area (Å²) in [4.78, 5) is 22.0. The summed E-state index contributed by atoms with van der Waals surface area (Å²) in [6.07, 6.45) is 1.56. The maximum atomic E-state index is 13.0. The third kappa shape index (κ3) is 3.02. The molecule has 1 aromatic carbocycles. The molecule has 0 unspecified atom stereocenters. The van der Waals surface area contributed by atoms with Crippen LogP contribution in [0.4, 0.5) is 0 Å². The molecular weight excluding hydrogens is 382 g/mol. The predicted molar refractivity (Wildman–Crippen MR) is 111 cm³/mol. The Morgan fingerprint density at radius 2 is 2.00 bits per heavy atom. The molecule has 0 atom stereocenters. The van der Waals surface area contributed by atoms with Crippen LogP contribution in [0.15, 0.2) is 57.7 Å². The molecule has 1 amide bonds. The Kier molecular flexibility index (Phi) is 4.31. The van der Waals surface area contributed by atoms with Crippen molar-refractivity contribution in [2.24, 2.45) is 0 Å². The van der Waals surface area contributed by atoms with Gasteiger partial charge in [0.25, 0.3) is 11.6 Å². The van der Waals surface area contributed by atoms with Gasteiger partial charge in [0.15, 0.2) is 5.76 Å². The fourth-order valence-electron chi connectivity index (χ4n) is 3.68. The molecule has 0 bridgehead atoms. The zero-order valence-electron chi connectivity index (χ0n) is 16.5. The van der Waals surface area contributed by atoms with Crippen molar-refractivity contribution in [3.63, 3.8) is 0 Å². The van der Waals surface area contributed by atoms with E-state index in [1.165, 1.54) is 0 Å². The van der Waals surface area contributed by atoms with Crippen molar-refractivity contribution in [1.29, 1.82) is 0 Å². The summed E-state index contributed by atoms with van der Waals surface area (Å²) in [5.74, 6) is 1.25. The van der Waals surface area contributed by atoms with Crippen LogP contribution in [0.3, 0.4) is 0 Å². The van der Waals surface area contributed by atoms with Crippen molar-refractivity contribution in [3.8, 4) is 11.5 Å². The van der Waals surface area contributed by atoms with Crippen LogP contribution >= 0.6 is 0 Å². The fraction of sp³-hybridized carbons (Fsp3) is 0.182. The first-order chi connectivity index (χ1) is 14.6. The van der Waals surface area contributed by atoms with Crippen LogP contribution in [-0.2, 0) is 6.54 Å². The lowest BCUT2D eigenvalue weighted by Gasteiger charge is -2.10. The SMILES string of the molecule is Cc1noc2nc(-c3ccco3)cc(C(=O)NCCn3c(C)nc4ccccc43)c12. The number of furan rings is 1. The second-order valence-corrected chi connectivity index (χ2v) is 7.04. The predicted octanol–water partition coefficient (Wildman–Crippen LogP) is 3.88. The second-order valence-electron chi connectivity index (χ2n) is 7.04. The van der Waals surface area contributed by atoms with Crippen molar-refractivity contribution >= 4 is 28.0 Å². The number of carbonyl (C=O) groups is 1. The number of pyridine rings is 1. The first-order valence-corrected chi connectivity index (χ1v) is 9.63. The van der Waals surface area contributed by atoms with E-state index >= 15 is 0 Å². The highest BCUT2D eigenvalue weighted by Crippen LogP contribution is 2.27. The van der Waals surface area contributed by atoms with Gasteiger partial charge in [-0.15, -0.1) is 0 Å². The number of para-hydroxylation sites is 2. The Labute approximate surface area is 171 Å². The van der Waals surface area contributed by atoms with Crippen molar-refractivity contribution in [2.45, 2.75) is 20.4 Å². The number of fused-ring (bicyclic) bond motifs is 2. The van der Waals surface area contributed by atoms with Gasteiger partial charge >= 0.3 is 0 Å². The van der Waals surface area contributed by atoms with Crippen molar-refractivity contribution in [3.05, 3.63) is 65.8 Å². The van der Waals surface area contributed by atoms with Gasteiger partial charge in [-0.05, 0) is 44.2 Å². The van der Waals surface area contributed by atoms with Gasteiger partial charge in [0.05, 0.1) is 33.9 Å². The minimum Gasteiger partial charge on any atom is -0.463 e. The molecule has 4 heterocycles. The molecule has 0 radical (unpaired) electrons. The van der Waals surface area contributed by atoms with Crippen molar-refractivity contribution < 1.29 is 13.7 Å². The minimum absolute atomic E-state index is 0.219. The number of amides is 1. The average molecular weight is 401 g/mol. The molecule has 8 heteroatoms. The molecule has 30 heavy (non-hydrogen) atoms. The maximum Gasteiger partial charge on any atom is 0.259 e. The van der Waals surface area contributed by atoms with E-state index in [2.05, 4.69) is 25.0 Å². The number of imidazole rings is 1. The molecule has 0 saturated carbocycles. The van der Waals surface area contributed by atoms with E-state index < -0.39 is 0 Å². The molecule has 0 fully saturated rings. The number of hydrogen-bond acceptors (Lipinski definition) is 6. The number of nitrogens with zero attached hydrogens (tertiary/aromatic N) is 4. The molecule has 0 spiro atoms. The summed E-state index contributed by atoms with van der Waals surface area (Å²) in [6, 6.07) is 13.2. The molecule has 5 aromatic rings. The number of rotatable bonds is 5. The van der Waals surface area contributed by atoms with E-state index in [1.807, 2.05) is 31.2 Å². The van der Waals surface area contributed by atoms with Crippen LogP contribution < -0.4 is 5.32 Å². The van der Waals surface area contributed by atoms with Crippen LogP contribution in [-0.4, -0.2) is 32.1 Å². The molecule has 150 valence electrons. The van der Waals surface area contributed by atoms with Gasteiger partial charge in [-0.1, -0.05) is 17.3 Å². The summed E-state index contributed by atoms with van der Waals surface area (Å²) in [5.41, 5.74) is 3.89. The first kappa shape index (κ1) is 18.1. The molecule has 0 saturated heterocycles. The Hall–Kier alpha value is -3.94. The quantitative estimate of drug-likeness (QED) is 0.480. The normalized spacial score (nSPS) is 11.4. The molecule has 0 aliphatic rings. The van der Waals surface area contributed by atoms with Crippen LogP contribution in [0, 0.1) is 13.8 Å². The Balaban J connectivity index is 1.42. The Morgan fingerprint density at radius 1 is 1.13 bits per heavy atom. The number of benzene rings is 1. The van der Waals surface area contributed by atoms with E-state index in [1.54, 1.807) is 31.4 Å². The van der Waals surface area contributed by atoms with Gasteiger partial charge in [0.2, 0.25) is 0 Å². The largest absolute Gasteiger partial charge is 0.463 e. The minimum atomic E-state index is -0.219. The Morgan fingerprint density at radius 3 is 2.83 bits per heavy atom. The number of nitrogens with one attached hydrogen (secondary N) is 1. The molecule has 4 aromatic heterocycles. The van der Waals surface area contributed by atoms with Crippen molar-refractivity contribution in [1.82, 2.24) is 25.0 Å². The third-order valence-electron chi connectivity index (χ3n) is 5.10. The maximum absolute atomic E-state index is 13.0. The van der Waals surface area contributed by atoms with Crippen LogP contribution in [0.5, 0.6) is 0 Å². The zero-order valence-corrected chi connectivity index (χ0v) is 16.5. The average Bonchev–Trinajstić information content (AvgIpc) is 3.47. The van der Waals surface area contributed by atoms with Gasteiger partial charge in [-0.25, -0.2) is 9.97 Å². The van der Waals surface area contributed by atoms with Gasteiger partial charge in [-0.2, -0.15) is 0 Å². The number of aryl methyl sites for hydroxylation is 2. The molecular formula is C22H19N5O3. The highest BCUT2D eigenvalue weighted by molar-refractivity contribution is 6.06. The zero-order chi connectivity index (χ0) is 20.7. The van der Waals surface area contributed by atoms with Gasteiger partial charge in [-0.3, -0.25) is 4.79 Å². The first-order valence-electron chi connectivity index (χ1n) is 9.63. The van der Waals surface area contributed by atoms with Crippen molar-refractivity contribution in [2.75, 3.05) is 6.54 Å². The highest BCUT2D eigenvalue weighted by Gasteiger charge is 2.20. The summed E-state index contributed by atoms with van der Waals surface area (Å²) in [6.45, 7) is 4.81. The van der Waals surface area contributed by atoms with Gasteiger partial charge < -0.3 is 18.8 Å². The van der Waals surface area contributed by atoms with Crippen LogP contribution in [0.2, 0.25) is 0 Å². The summed E-state index contributed by atoms with van der Waals surface area (Å²) in [5, 5.41) is 7.57. The van der Waals surface area contributed by atoms with E-state index in [-0.39, 0.29) is 5.91 Å². The summed E-state index contributed by atoms with van der Waals surface area (Å²) in [7, 11) is 0. The third-order valence-corrected chi connectivity index (χ3v) is 5.10.